The molecule has 2 atom stereocenters. The Balaban J connectivity index is 2.25. The molecule has 1 saturated carbocycles. The monoisotopic (exact) mass is 393 g/mol. The molecule has 0 amide bonds. The number of aliphatic carboxylic acids is 1. The highest BCUT2D eigenvalue weighted by Crippen LogP contribution is 2.50. The van der Waals surface area contributed by atoms with Gasteiger partial charge >= 0.3 is 5.97 Å². The number of carboxylic acid groups (broad SMARTS) is 1. The number of unbranched alkanes of at least 4 members (excludes halogenated alkanes) is 1. The van der Waals surface area contributed by atoms with Crippen molar-refractivity contribution in [2.45, 2.75) is 49.8 Å². The zero-order valence-electron chi connectivity index (χ0n) is 15.1. The predicted molar refractivity (Wildman–Crippen MR) is 103 cm³/mol. The van der Waals surface area contributed by atoms with E-state index in [-0.39, 0.29) is 16.5 Å². The summed E-state index contributed by atoms with van der Waals surface area (Å²) in [6.07, 6.45) is 7.37. The summed E-state index contributed by atoms with van der Waals surface area (Å²) in [5, 5.41) is 9.65. The molecule has 2 N–H and O–H groups in total. The van der Waals surface area contributed by atoms with Crippen LogP contribution in [0, 0.1) is 17.8 Å². The molecule has 0 bridgehead atoms. The third-order valence-corrected chi connectivity index (χ3v) is 7.19. The highest BCUT2D eigenvalue weighted by atomic mass is 32.2. The number of nitrogens with one attached hydrogen (secondary N) is 1. The van der Waals surface area contributed by atoms with E-state index < -0.39 is 21.5 Å². The first kappa shape index (κ1) is 20.4. The van der Waals surface area contributed by atoms with Gasteiger partial charge in [-0.1, -0.05) is 37.0 Å². The van der Waals surface area contributed by atoms with Crippen LogP contribution in [-0.2, 0) is 14.8 Å². The summed E-state index contributed by atoms with van der Waals surface area (Å²) in [7, 11) is -3.93. The van der Waals surface area contributed by atoms with Crippen LogP contribution in [0.5, 0.6) is 0 Å². The molecule has 1 aromatic rings. The molecule has 1 aliphatic carbocycles. The van der Waals surface area contributed by atoms with Gasteiger partial charge in [-0.15, -0.1) is 11.3 Å². The van der Waals surface area contributed by atoms with Gasteiger partial charge < -0.3 is 5.11 Å². The van der Waals surface area contributed by atoms with Crippen LogP contribution in [0.4, 0.5) is 0 Å². The van der Waals surface area contributed by atoms with E-state index >= 15 is 0 Å². The van der Waals surface area contributed by atoms with Crippen LogP contribution >= 0.6 is 11.3 Å². The molecule has 1 heterocycles. The number of hydrogen-bond acceptors (Lipinski definition) is 4. The summed E-state index contributed by atoms with van der Waals surface area (Å²) in [4.78, 5) is 12.5. The number of allylic oxidation sites excluding steroid dienone is 3. The Kier molecular flexibility index (Phi) is 6.45. The van der Waals surface area contributed by atoms with E-state index in [9.17, 15) is 18.3 Å². The van der Waals surface area contributed by atoms with Crippen molar-refractivity contribution in [2.24, 2.45) is 5.92 Å². The van der Waals surface area contributed by atoms with E-state index in [2.05, 4.69) is 16.6 Å². The van der Waals surface area contributed by atoms with Crippen LogP contribution in [0.15, 0.2) is 40.1 Å². The fourth-order valence-corrected chi connectivity index (χ4v) is 5.35. The summed E-state index contributed by atoms with van der Waals surface area (Å²) in [5.74, 6) is 4.38. The van der Waals surface area contributed by atoms with Crippen molar-refractivity contribution in [1.82, 2.24) is 4.72 Å². The van der Waals surface area contributed by atoms with E-state index in [1.54, 1.807) is 6.07 Å². The van der Waals surface area contributed by atoms with Gasteiger partial charge in [-0.05, 0) is 44.4 Å². The third kappa shape index (κ3) is 4.26. The summed E-state index contributed by atoms with van der Waals surface area (Å²) >= 11 is 1.05. The van der Waals surface area contributed by atoms with E-state index in [1.165, 1.54) is 6.07 Å². The molecule has 0 spiro atoms. The Morgan fingerprint density at radius 2 is 2.19 bits per heavy atom. The number of hydrogen-bond donors (Lipinski definition) is 2. The molecule has 1 fully saturated rings. The Bertz CT molecular complexity index is 899. The molecule has 7 heteroatoms. The summed E-state index contributed by atoms with van der Waals surface area (Å²) in [6, 6.07) is 3.12. The Morgan fingerprint density at radius 1 is 1.46 bits per heavy atom. The van der Waals surface area contributed by atoms with Crippen molar-refractivity contribution in [3.8, 4) is 11.8 Å². The van der Waals surface area contributed by atoms with Gasteiger partial charge in [0, 0.05) is 12.3 Å². The van der Waals surface area contributed by atoms with E-state index in [0.717, 1.165) is 29.8 Å². The first-order valence-electron chi connectivity index (χ1n) is 8.45. The van der Waals surface area contributed by atoms with Crippen LogP contribution in [0.3, 0.4) is 0 Å². The Hall–Kier alpha value is -1.88. The average Bonchev–Trinajstić information content (AvgIpc) is 3.08. The highest BCUT2D eigenvalue weighted by molar-refractivity contribution is 7.91. The molecule has 0 aliphatic heterocycles. The Labute approximate surface area is 158 Å². The Morgan fingerprint density at radius 3 is 2.77 bits per heavy atom. The molecule has 0 aromatic carbocycles. The van der Waals surface area contributed by atoms with Gasteiger partial charge in [0.2, 0.25) is 0 Å². The minimum Gasteiger partial charge on any atom is -0.480 e. The van der Waals surface area contributed by atoms with E-state index in [1.807, 2.05) is 39.0 Å². The second-order valence-electron chi connectivity index (χ2n) is 6.10. The maximum atomic E-state index is 12.7. The van der Waals surface area contributed by atoms with Crippen LogP contribution in [0.25, 0.3) is 0 Å². The maximum absolute atomic E-state index is 12.7. The quantitative estimate of drug-likeness (QED) is 0.548. The van der Waals surface area contributed by atoms with Crippen molar-refractivity contribution in [2.75, 3.05) is 0 Å². The third-order valence-electron chi connectivity index (χ3n) is 4.19. The fourth-order valence-electron chi connectivity index (χ4n) is 2.76. The molecule has 0 saturated heterocycles. The van der Waals surface area contributed by atoms with Gasteiger partial charge in [0.25, 0.3) is 10.0 Å². The molecule has 1 aliphatic rings. The lowest BCUT2D eigenvalue weighted by Gasteiger charge is -2.15. The number of thiophene rings is 1. The minimum absolute atomic E-state index is 0.0811. The average molecular weight is 394 g/mol. The zero-order valence-corrected chi connectivity index (χ0v) is 16.7. The van der Waals surface area contributed by atoms with E-state index in [0.29, 0.717) is 4.88 Å². The van der Waals surface area contributed by atoms with Gasteiger partial charge in [0.15, 0.2) is 0 Å². The molecule has 2 rings (SSSR count). The van der Waals surface area contributed by atoms with Crippen molar-refractivity contribution in [1.29, 1.82) is 0 Å². The van der Waals surface area contributed by atoms with Crippen LogP contribution < -0.4 is 4.72 Å². The topological polar surface area (TPSA) is 83.5 Å². The smallest absolute Gasteiger partial charge is 0.325 e. The highest BCUT2D eigenvalue weighted by Gasteiger charge is 2.63. The second-order valence-corrected chi connectivity index (χ2v) is 9.09. The molecule has 26 heavy (non-hydrogen) atoms. The molecular weight excluding hydrogens is 370 g/mol. The molecule has 140 valence electrons. The number of carbonyl (C=O) groups is 1. The lowest BCUT2D eigenvalue weighted by atomic mass is 10.1. The number of rotatable bonds is 7. The van der Waals surface area contributed by atoms with Gasteiger partial charge in [-0.3, -0.25) is 4.79 Å². The second kappa shape index (κ2) is 8.21. The normalized spacial score (nSPS) is 22.9. The first-order valence-corrected chi connectivity index (χ1v) is 10.8. The summed E-state index contributed by atoms with van der Waals surface area (Å²) in [5.41, 5.74) is -0.673. The predicted octanol–water partition coefficient (Wildman–Crippen LogP) is 3.54. The molecule has 1 aromatic heterocycles. The molecule has 0 unspecified atom stereocenters. The minimum atomic E-state index is -3.93. The first-order chi connectivity index (χ1) is 12.3. The lowest BCUT2D eigenvalue weighted by Crippen LogP contribution is -2.44. The standard InChI is InChI=1S/C19H23NO4S2/c1-4-7-8-10-15-11-12-17(25-15)26(23,24)20-19(18(21)22)13-16(19)14(6-3)9-5-2/h5-6,9,11-12,16,20H,4,7,13H2,1-3H3,(H,21,22)/b9-5-,14-6+/t16-,19+/m1/s1. The van der Waals surface area contributed by atoms with Crippen molar-refractivity contribution in [3.63, 3.8) is 0 Å². The van der Waals surface area contributed by atoms with Crippen molar-refractivity contribution < 1.29 is 18.3 Å². The maximum Gasteiger partial charge on any atom is 0.325 e. The van der Waals surface area contributed by atoms with Crippen LogP contribution in [-0.4, -0.2) is 25.0 Å². The van der Waals surface area contributed by atoms with Gasteiger partial charge in [-0.25, -0.2) is 8.42 Å². The number of sulfonamides is 1. The lowest BCUT2D eigenvalue weighted by molar-refractivity contribution is -0.140. The van der Waals surface area contributed by atoms with Gasteiger partial charge in [-0.2, -0.15) is 4.72 Å². The van der Waals surface area contributed by atoms with Crippen LogP contribution in [0.1, 0.15) is 44.9 Å². The van der Waals surface area contributed by atoms with Gasteiger partial charge in [0.05, 0.1) is 4.88 Å². The number of carboxylic acids is 1. The SMILES string of the molecule is C/C=C\C(=C/C)[C@H]1C[C@@]1(NS(=O)(=O)c1ccc(C#CCCC)s1)C(=O)O. The molecule has 0 radical (unpaired) electrons. The summed E-state index contributed by atoms with van der Waals surface area (Å²) < 4.78 is 27.9. The van der Waals surface area contributed by atoms with Gasteiger partial charge in [0.1, 0.15) is 9.75 Å². The molecule has 5 nitrogen and oxygen atoms in total. The summed E-state index contributed by atoms with van der Waals surface area (Å²) in [6.45, 7) is 5.67. The van der Waals surface area contributed by atoms with E-state index in [4.69, 9.17) is 0 Å². The van der Waals surface area contributed by atoms with Crippen LogP contribution in [0.2, 0.25) is 0 Å². The van der Waals surface area contributed by atoms with Crippen molar-refractivity contribution in [3.05, 3.63) is 40.8 Å². The fraction of sp³-hybridized carbons (Fsp3) is 0.421. The molecular formula is C19H23NO4S2. The van der Waals surface area contributed by atoms with Crippen molar-refractivity contribution >= 4 is 27.3 Å². The zero-order chi connectivity index (χ0) is 19.4. The largest absolute Gasteiger partial charge is 0.480 e.